The van der Waals surface area contributed by atoms with Gasteiger partial charge in [-0.25, -0.2) is 0 Å². The molecule has 0 bridgehead atoms. The third-order valence-corrected chi connectivity index (χ3v) is 1.81. The molecule has 0 fully saturated rings. The maximum atomic E-state index is 12.1. The summed E-state index contributed by atoms with van der Waals surface area (Å²) < 4.78 is 12.1. The van der Waals surface area contributed by atoms with E-state index in [4.69, 9.17) is 0 Å². The lowest BCUT2D eigenvalue weighted by atomic mass is 10.1. The molecule has 0 atom stereocenters. The predicted molar refractivity (Wildman–Crippen MR) is 48.2 cm³/mol. The largest absolute Gasteiger partial charge is 0.160 e. The summed E-state index contributed by atoms with van der Waals surface area (Å²) in [6, 6.07) is 5.54. The maximum Gasteiger partial charge on any atom is 0.0812 e. The highest BCUT2D eigenvalue weighted by Crippen LogP contribution is 2.22. The third kappa shape index (κ3) is 2.09. The van der Waals surface area contributed by atoms with Crippen LogP contribution in [0.5, 0.6) is 0 Å². The summed E-state index contributed by atoms with van der Waals surface area (Å²) in [5.41, 5.74) is 2.02. The zero-order valence-electron chi connectivity index (χ0n) is 6.30. The molecule has 0 aromatic heterocycles. The fraction of sp³-hybridized carbons (Fsp3) is 0.111. The van der Waals surface area contributed by atoms with E-state index in [9.17, 15) is 3.89 Å². The van der Waals surface area contributed by atoms with E-state index in [0.29, 0.717) is 4.90 Å². The molecule has 0 N–H and O–H groups in total. The number of hydrogen-bond donors (Lipinski definition) is 0. The summed E-state index contributed by atoms with van der Waals surface area (Å²) in [7, 11) is 0. The van der Waals surface area contributed by atoms with Gasteiger partial charge in [-0.3, -0.25) is 0 Å². The first kappa shape index (κ1) is 8.34. The van der Waals surface area contributed by atoms with E-state index in [-0.39, 0.29) is 12.1 Å². The molecular formula is C9H9FS. The van der Waals surface area contributed by atoms with Crippen molar-refractivity contribution in [3.63, 3.8) is 0 Å². The van der Waals surface area contributed by atoms with Crippen LogP contribution in [-0.2, 0) is 0 Å². The summed E-state index contributed by atoms with van der Waals surface area (Å²) >= 11 is 0.265. The van der Waals surface area contributed by atoms with Gasteiger partial charge < -0.3 is 0 Å². The third-order valence-electron chi connectivity index (χ3n) is 1.40. The van der Waals surface area contributed by atoms with E-state index < -0.39 is 0 Å². The average Bonchev–Trinajstić information content (AvgIpc) is 2.03. The molecule has 0 spiro atoms. The molecule has 0 heterocycles. The van der Waals surface area contributed by atoms with Gasteiger partial charge in [-0.2, -0.15) is 3.89 Å². The summed E-state index contributed by atoms with van der Waals surface area (Å²) in [5.74, 6) is 0. The normalized spacial score (nSPS) is 9.64. The van der Waals surface area contributed by atoms with Gasteiger partial charge in [-0.1, -0.05) is 18.7 Å². The molecule has 11 heavy (non-hydrogen) atoms. The molecule has 0 aliphatic heterocycles. The Morgan fingerprint density at radius 3 is 2.73 bits per heavy atom. The van der Waals surface area contributed by atoms with Gasteiger partial charge in [-0.15, -0.1) is 0 Å². The van der Waals surface area contributed by atoms with Crippen LogP contribution < -0.4 is 0 Å². The zero-order valence-corrected chi connectivity index (χ0v) is 7.12. The van der Waals surface area contributed by atoms with E-state index in [0.717, 1.165) is 11.1 Å². The maximum absolute atomic E-state index is 12.1. The van der Waals surface area contributed by atoms with Crippen LogP contribution in [0.15, 0.2) is 29.7 Å². The van der Waals surface area contributed by atoms with Gasteiger partial charge in [0.2, 0.25) is 0 Å². The van der Waals surface area contributed by atoms with E-state index in [1.54, 1.807) is 18.2 Å². The molecular weight excluding hydrogens is 159 g/mol. The smallest absolute Gasteiger partial charge is 0.0812 e. The number of hydrogen-bond acceptors (Lipinski definition) is 1. The van der Waals surface area contributed by atoms with Gasteiger partial charge in [0.1, 0.15) is 0 Å². The lowest BCUT2D eigenvalue weighted by Gasteiger charge is -1.98. The van der Waals surface area contributed by atoms with Crippen molar-refractivity contribution in [3.8, 4) is 0 Å². The monoisotopic (exact) mass is 168 g/mol. The topological polar surface area (TPSA) is 0 Å². The van der Waals surface area contributed by atoms with Crippen molar-refractivity contribution < 1.29 is 3.89 Å². The van der Waals surface area contributed by atoms with Crippen LogP contribution in [0, 0.1) is 6.92 Å². The zero-order chi connectivity index (χ0) is 8.27. The Morgan fingerprint density at radius 2 is 2.18 bits per heavy atom. The quantitative estimate of drug-likeness (QED) is 0.650. The van der Waals surface area contributed by atoms with E-state index >= 15 is 0 Å². The Kier molecular flexibility index (Phi) is 2.71. The first-order valence-electron chi connectivity index (χ1n) is 3.29. The second-order valence-electron chi connectivity index (χ2n) is 2.36. The highest BCUT2D eigenvalue weighted by molar-refractivity contribution is 7.94. The second kappa shape index (κ2) is 3.58. The highest BCUT2D eigenvalue weighted by atomic mass is 32.2. The van der Waals surface area contributed by atoms with Crippen LogP contribution in [-0.4, -0.2) is 0 Å². The van der Waals surface area contributed by atoms with Gasteiger partial charge in [0.15, 0.2) is 0 Å². The van der Waals surface area contributed by atoms with E-state index in [1.165, 1.54) is 0 Å². The van der Waals surface area contributed by atoms with Crippen LogP contribution >= 0.6 is 12.1 Å². The Labute approximate surface area is 70.4 Å². The lowest BCUT2D eigenvalue weighted by Crippen LogP contribution is -1.77. The minimum Gasteiger partial charge on any atom is -0.160 e. The van der Waals surface area contributed by atoms with Crippen molar-refractivity contribution in [2.75, 3.05) is 0 Å². The standard InChI is InChI=1S/C9H9FS/c1-3-8-4-7(2)5-9(6-8)11-10/h3-6H,1H2,2H3. The molecule has 1 rings (SSSR count). The van der Waals surface area contributed by atoms with E-state index in [1.807, 2.05) is 13.0 Å². The molecule has 0 aliphatic carbocycles. The van der Waals surface area contributed by atoms with Crippen molar-refractivity contribution in [2.45, 2.75) is 11.8 Å². The van der Waals surface area contributed by atoms with Gasteiger partial charge in [0.25, 0.3) is 0 Å². The fourth-order valence-corrected chi connectivity index (χ4v) is 1.35. The number of benzene rings is 1. The van der Waals surface area contributed by atoms with Gasteiger partial charge >= 0.3 is 0 Å². The summed E-state index contributed by atoms with van der Waals surface area (Å²) in [4.78, 5) is 0.639. The second-order valence-corrected chi connectivity index (χ2v) is 2.99. The van der Waals surface area contributed by atoms with Gasteiger partial charge in [0.05, 0.1) is 12.1 Å². The van der Waals surface area contributed by atoms with Crippen LogP contribution in [0.1, 0.15) is 11.1 Å². The van der Waals surface area contributed by atoms with Gasteiger partial charge in [-0.05, 0) is 30.2 Å². The Morgan fingerprint density at radius 1 is 1.45 bits per heavy atom. The predicted octanol–water partition coefficient (Wildman–Crippen LogP) is 3.61. The molecule has 0 saturated carbocycles. The molecule has 2 heteroatoms. The molecule has 0 unspecified atom stereocenters. The average molecular weight is 168 g/mol. The first-order chi connectivity index (χ1) is 5.26. The molecule has 0 nitrogen and oxygen atoms in total. The van der Waals surface area contributed by atoms with Crippen LogP contribution in [0.4, 0.5) is 3.89 Å². The number of rotatable bonds is 2. The molecule has 0 radical (unpaired) electrons. The Balaban J connectivity index is 3.11. The summed E-state index contributed by atoms with van der Waals surface area (Å²) in [6.07, 6.45) is 1.72. The van der Waals surface area contributed by atoms with Gasteiger partial charge in [0, 0.05) is 4.90 Å². The molecule has 0 saturated heterocycles. The molecule has 0 amide bonds. The Bertz CT molecular complexity index is 268. The minimum absolute atomic E-state index is 0.265. The molecule has 58 valence electrons. The summed E-state index contributed by atoms with van der Waals surface area (Å²) in [6.45, 7) is 5.55. The van der Waals surface area contributed by atoms with Crippen molar-refractivity contribution in [3.05, 3.63) is 35.9 Å². The van der Waals surface area contributed by atoms with Crippen molar-refractivity contribution >= 4 is 18.2 Å². The Hall–Kier alpha value is -0.760. The van der Waals surface area contributed by atoms with Crippen molar-refractivity contribution in [1.29, 1.82) is 0 Å². The van der Waals surface area contributed by atoms with Crippen molar-refractivity contribution in [1.82, 2.24) is 0 Å². The van der Waals surface area contributed by atoms with Crippen molar-refractivity contribution in [2.24, 2.45) is 0 Å². The fourth-order valence-electron chi connectivity index (χ4n) is 0.939. The highest BCUT2D eigenvalue weighted by Gasteiger charge is 1.95. The lowest BCUT2D eigenvalue weighted by molar-refractivity contribution is 0.933. The van der Waals surface area contributed by atoms with Crippen LogP contribution in [0.25, 0.3) is 6.08 Å². The first-order valence-corrected chi connectivity index (χ1v) is 4.00. The number of halogens is 1. The van der Waals surface area contributed by atoms with Crippen LogP contribution in [0.3, 0.4) is 0 Å². The SMILES string of the molecule is C=Cc1cc(C)cc(SF)c1. The number of aryl methyl sites for hydroxylation is 1. The molecule has 1 aromatic carbocycles. The van der Waals surface area contributed by atoms with Crippen LogP contribution in [0.2, 0.25) is 0 Å². The summed E-state index contributed by atoms with van der Waals surface area (Å²) in [5, 5.41) is 0. The minimum atomic E-state index is 0.265. The molecule has 0 aliphatic rings. The molecule has 1 aromatic rings. The van der Waals surface area contributed by atoms with E-state index in [2.05, 4.69) is 6.58 Å².